The number of nitrogens with one attached hydrogen (secondary N) is 1. The summed E-state index contributed by atoms with van der Waals surface area (Å²) in [5, 5.41) is 2.81. The van der Waals surface area contributed by atoms with Gasteiger partial charge in [-0.15, -0.1) is 0 Å². The fourth-order valence-corrected chi connectivity index (χ4v) is 2.37. The molecule has 126 valence electrons. The van der Waals surface area contributed by atoms with Gasteiger partial charge in [-0.3, -0.25) is 9.69 Å². The van der Waals surface area contributed by atoms with Gasteiger partial charge in [-0.05, 0) is 24.6 Å². The summed E-state index contributed by atoms with van der Waals surface area (Å²) >= 11 is 0. The van der Waals surface area contributed by atoms with Crippen LogP contribution in [0.15, 0.2) is 24.3 Å². The van der Waals surface area contributed by atoms with E-state index in [4.69, 9.17) is 4.74 Å². The number of hydrogen-bond donors (Lipinski definition) is 1. The number of piperazine rings is 1. The predicted molar refractivity (Wildman–Crippen MR) is 83.3 cm³/mol. The lowest BCUT2D eigenvalue weighted by molar-refractivity contribution is -0.122. The van der Waals surface area contributed by atoms with Crippen LogP contribution in [-0.4, -0.2) is 61.1 Å². The molecule has 1 N–H and O–H groups in total. The van der Waals surface area contributed by atoms with Crippen molar-refractivity contribution in [1.82, 2.24) is 15.1 Å². The highest BCUT2D eigenvalue weighted by atomic mass is 19.1. The molecule has 23 heavy (non-hydrogen) atoms. The van der Waals surface area contributed by atoms with E-state index in [1.807, 2.05) is 4.90 Å². The fraction of sp³-hybridized carbons (Fsp3) is 0.500. The highest BCUT2D eigenvalue weighted by Crippen LogP contribution is 2.04. The van der Waals surface area contributed by atoms with E-state index >= 15 is 0 Å². The summed E-state index contributed by atoms with van der Waals surface area (Å²) in [5.41, 5.74) is 0.854. The van der Waals surface area contributed by atoms with E-state index in [0.29, 0.717) is 39.3 Å². The minimum Gasteiger partial charge on any atom is -0.450 e. The number of rotatable bonds is 5. The molecule has 1 aromatic rings. The van der Waals surface area contributed by atoms with Gasteiger partial charge in [0.05, 0.1) is 13.2 Å². The molecule has 1 aliphatic heterocycles. The molecule has 0 aromatic heterocycles. The van der Waals surface area contributed by atoms with Crippen LogP contribution in [0.2, 0.25) is 0 Å². The molecule has 6 nitrogen and oxygen atoms in total. The molecule has 2 amide bonds. The Kier molecular flexibility index (Phi) is 6.34. The average molecular weight is 323 g/mol. The van der Waals surface area contributed by atoms with Gasteiger partial charge in [0.2, 0.25) is 5.91 Å². The molecular formula is C16H22FN3O3. The van der Waals surface area contributed by atoms with Gasteiger partial charge in [0, 0.05) is 32.7 Å². The maximum atomic E-state index is 12.8. The minimum atomic E-state index is -0.298. The lowest BCUT2D eigenvalue weighted by atomic mass is 10.2. The molecule has 0 saturated carbocycles. The van der Waals surface area contributed by atoms with Crippen LogP contribution < -0.4 is 5.32 Å². The van der Waals surface area contributed by atoms with Crippen molar-refractivity contribution in [2.75, 3.05) is 39.3 Å². The van der Waals surface area contributed by atoms with Crippen molar-refractivity contribution in [2.45, 2.75) is 13.5 Å². The number of ether oxygens (including phenoxy) is 1. The Bertz CT molecular complexity index is 528. The number of carbonyl (C=O) groups excluding carboxylic acids is 2. The molecular weight excluding hydrogens is 301 g/mol. The lowest BCUT2D eigenvalue weighted by Crippen LogP contribution is -2.51. The summed E-state index contributed by atoms with van der Waals surface area (Å²) in [7, 11) is 0. The second-order valence-corrected chi connectivity index (χ2v) is 5.37. The molecule has 0 radical (unpaired) electrons. The van der Waals surface area contributed by atoms with Crippen molar-refractivity contribution in [3.8, 4) is 0 Å². The van der Waals surface area contributed by atoms with Gasteiger partial charge in [0.1, 0.15) is 5.82 Å². The summed E-state index contributed by atoms with van der Waals surface area (Å²) in [6, 6.07) is 6.04. The van der Waals surface area contributed by atoms with E-state index in [2.05, 4.69) is 5.32 Å². The first-order valence-electron chi connectivity index (χ1n) is 7.73. The van der Waals surface area contributed by atoms with E-state index in [9.17, 15) is 14.0 Å². The maximum Gasteiger partial charge on any atom is 0.409 e. The van der Waals surface area contributed by atoms with Crippen LogP contribution >= 0.6 is 0 Å². The zero-order valence-electron chi connectivity index (χ0n) is 13.3. The van der Waals surface area contributed by atoms with Gasteiger partial charge in [0.15, 0.2) is 0 Å². The summed E-state index contributed by atoms with van der Waals surface area (Å²) in [5.74, 6) is -0.376. The van der Waals surface area contributed by atoms with Gasteiger partial charge in [0.25, 0.3) is 0 Å². The Morgan fingerprint density at radius 1 is 1.17 bits per heavy atom. The predicted octanol–water partition coefficient (Wildman–Crippen LogP) is 1.22. The second-order valence-electron chi connectivity index (χ2n) is 5.37. The smallest absolute Gasteiger partial charge is 0.409 e. The average Bonchev–Trinajstić information content (AvgIpc) is 2.55. The zero-order valence-corrected chi connectivity index (χ0v) is 13.3. The van der Waals surface area contributed by atoms with Gasteiger partial charge < -0.3 is 15.0 Å². The molecule has 1 fully saturated rings. The largest absolute Gasteiger partial charge is 0.450 e. The number of carbonyl (C=O) groups is 2. The maximum absolute atomic E-state index is 12.8. The number of benzene rings is 1. The normalized spacial score (nSPS) is 15.3. The highest BCUT2D eigenvalue weighted by molar-refractivity contribution is 5.78. The number of halogens is 1. The highest BCUT2D eigenvalue weighted by Gasteiger charge is 2.22. The standard InChI is InChI=1S/C16H22FN3O3/c1-2-23-16(22)20-9-7-19(8-10-20)12-15(21)18-11-13-3-5-14(17)6-4-13/h3-6H,2,7-12H2,1H3,(H,18,21). The first-order valence-corrected chi connectivity index (χ1v) is 7.73. The minimum absolute atomic E-state index is 0.0843. The number of nitrogens with zero attached hydrogens (tertiary/aromatic N) is 2. The zero-order chi connectivity index (χ0) is 16.7. The molecule has 1 aliphatic rings. The van der Waals surface area contributed by atoms with E-state index in [0.717, 1.165) is 5.56 Å². The van der Waals surface area contributed by atoms with Gasteiger partial charge in [-0.1, -0.05) is 12.1 Å². The molecule has 0 spiro atoms. The SMILES string of the molecule is CCOC(=O)N1CCN(CC(=O)NCc2ccc(F)cc2)CC1. The Morgan fingerprint density at radius 2 is 1.83 bits per heavy atom. The van der Waals surface area contributed by atoms with Crippen LogP contribution in [0.4, 0.5) is 9.18 Å². The van der Waals surface area contributed by atoms with Crippen molar-refractivity contribution in [2.24, 2.45) is 0 Å². The number of hydrogen-bond acceptors (Lipinski definition) is 4. The van der Waals surface area contributed by atoms with Crippen LogP contribution in [-0.2, 0) is 16.1 Å². The first kappa shape index (κ1) is 17.2. The summed E-state index contributed by atoms with van der Waals surface area (Å²) in [6.07, 6.45) is -0.298. The van der Waals surface area contributed by atoms with Crippen molar-refractivity contribution in [3.63, 3.8) is 0 Å². The third kappa shape index (κ3) is 5.52. The summed E-state index contributed by atoms with van der Waals surface area (Å²) < 4.78 is 17.8. The van der Waals surface area contributed by atoms with Gasteiger partial charge >= 0.3 is 6.09 Å². The molecule has 1 saturated heterocycles. The quantitative estimate of drug-likeness (QED) is 0.885. The third-order valence-corrected chi connectivity index (χ3v) is 3.67. The Balaban J connectivity index is 1.68. The molecule has 0 unspecified atom stereocenters. The van der Waals surface area contributed by atoms with E-state index in [1.54, 1.807) is 24.0 Å². The van der Waals surface area contributed by atoms with Crippen LogP contribution in [0.3, 0.4) is 0 Å². The number of amides is 2. The van der Waals surface area contributed by atoms with Crippen molar-refractivity contribution < 1.29 is 18.7 Å². The van der Waals surface area contributed by atoms with Crippen LogP contribution in [0.5, 0.6) is 0 Å². The Hall–Kier alpha value is -2.15. The molecule has 0 bridgehead atoms. The van der Waals surface area contributed by atoms with Crippen molar-refractivity contribution in [3.05, 3.63) is 35.6 Å². The molecule has 2 rings (SSSR count). The van der Waals surface area contributed by atoms with Gasteiger partial charge in [-0.25, -0.2) is 9.18 Å². The second kappa shape index (κ2) is 8.47. The van der Waals surface area contributed by atoms with E-state index < -0.39 is 0 Å². The molecule has 7 heteroatoms. The molecule has 0 atom stereocenters. The monoisotopic (exact) mass is 323 g/mol. The van der Waals surface area contributed by atoms with Crippen molar-refractivity contribution in [1.29, 1.82) is 0 Å². The third-order valence-electron chi connectivity index (χ3n) is 3.67. The molecule has 1 heterocycles. The van der Waals surface area contributed by atoms with Crippen LogP contribution in [0.25, 0.3) is 0 Å². The van der Waals surface area contributed by atoms with Crippen LogP contribution in [0, 0.1) is 5.82 Å². The summed E-state index contributed by atoms with van der Waals surface area (Å²) in [4.78, 5) is 27.2. The van der Waals surface area contributed by atoms with E-state index in [-0.39, 0.29) is 24.4 Å². The Morgan fingerprint density at radius 3 is 2.43 bits per heavy atom. The first-order chi connectivity index (χ1) is 11.1. The topological polar surface area (TPSA) is 61.9 Å². The van der Waals surface area contributed by atoms with E-state index in [1.165, 1.54) is 12.1 Å². The molecule has 0 aliphatic carbocycles. The summed E-state index contributed by atoms with van der Waals surface area (Å²) in [6.45, 7) is 5.21. The van der Waals surface area contributed by atoms with Crippen LogP contribution in [0.1, 0.15) is 12.5 Å². The van der Waals surface area contributed by atoms with Crippen molar-refractivity contribution >= 4 is 12.0 Å². The lowest BCUT2D eigenvalue weighted by Gasteiger charge is -2.33. The fourth-order valence-electron chi connectivity index (χ4n) is 2.37. The Labute approximate surface area is 135 Å². The molecule has 1 aromatic carbocycles. The van der Waals surface area contributed by atoms with Gasteiger partial charge in [-0.2, -0.15) is 0 Å².